The summed E-state index contributed by atoms with van der Waals surface area (Å²) in [6, 6.07) is 0. The van der Waals surface area contributed by atoms with E-state index in [2.05, 4.69) is 34.1 Å². The summed E-state index contributed by atoms with van der Waals surface area (Å²) >= 11 is 1.56. The Hall–Kier alpha value is -1.37. The molecule has 0 saturated heterocycles. The summed E-state index contributed by atoms with van der Waals surface area (Å²) < 4.78 is 0. The van der Waals surface area contributed by atoms with Gasteiger partial charge in [0.1, 0.15) is 10.8 Å². The fourth-order valence-electron chi connectivity index (χ4n) is 1.42. The third-order valence-corrected chi connectivity index (χ3v) is 3.04. The largest absolute Gasteiger partial charge is 0.409 e. The van der Waals surface area contributed by atoms with Crippen LogP contribution in [0.3, 0.4) is 0 Å². The second-order valence-electron chi connectivity index (χ2n) is 4.28. The Morgan fingerprint density at radius 1 is 1.53 bits per heavy atom. The number of hydrogen-bond donors (Lipinski definition) is 2. The molecule has 0 amide bonds. The van der Waals surface area contributed by atoms with E-state index in [4.69, 9.17) is 10.9 Å². The highest BCUT2D eigenvalue weighted by Crippen LogP contribution is 2.20. The van der Waals surface area contributed by atoms with Crippen molar-refractivity contribution in [2.45, 2.75) is 27.2 Å². The molecule has 96 valence electrons. The molecule has 1 aromatic rings. The van der Waals surface area contributed by atoms with E-state index < -0.39 is 0 Å². The number of oxime groups is 1. The van der Waals surface area contributed by atoms with Crippen molar-refractivity contribution in [1.82, 2.24) is 10.2 Å². The Balaban J connectivity index is 2.67. The highest BCUT2D eigenvalue weighted by Gasteiger charge is 2.13. The Labute approximate surface area is 105 Å². The molecule has 0 aromatic carbocycles. The van der Waals surface area contributed by atoms with Crippen LogP contribution in [-0.2, 0) is 0 Å². The molecule has 6 nitrogen and oxygen atoms in total. The van der Waals surface area contributed by atoms with Gasteiger partial charge in [0.25, 0.3) is 0 Å². The first-order valence-corrected chi connectivity index (χ1v) is 6.36. The first-order valence-electron chi connectivity index (χ1n) is 5.54. The number of amidine groups is 1. The van der Waals surface area contributed by atoms with Crippen LogP contribution in [0.15, 0.2) is 5.16 Å². The van der Waals surface area contributed by atoms with E-state index in [9.17, 15) is 0 Å². The van der Waals surface area contributed by atoms with Crippen molar-refractivity contribution in [2.75, 3.05) is 18.0 Å². The van der Waals surface area contributed by atoms with Gasteiger partial charge in [-0.25, -0.2) is 0 Å². The van der Waals surface area contributed by atoms with Crippen molar-refractivity contribution in [1.29, 1.82) is 0 Å². The first-order chi connectivity index (χ1) is 8.02. The zero-order chi connectivity index (χ0) is 12.8. The lowest BCUT2D eigenvalue weighted by Crippen LogP contribution is -2.31. The van der Waals surface area contributed by atoms with Gasteiger partial charge in [0, 0.05) is 19.5 Å². The number of aromatic nitrogens is 2. The minimum absolute atomic E-state index is 0.236. The molecule has 17 heavy (non-hydrogen) atoms. The minimum atomic E-state index is 0.236. The van der Waals surface area contributed by atoms with E-state index in [1.54, 1.807) is 11.3 Å². The summed E-state index contributed by atoms with van der Waals surface area (Å²) in [7, 11) is 0. The maximum absolute atomic E-state index is 8.52. The standard InChI is InChI=1S/C10H19N5OS/c1-7(2)6-15(5-4-9(11)14-16)10-13-12-8(3)17-10/h7,16H,4-6H2,1-3H3,(H2,11,14). The van der Waals surface area contributed by atoms with Crippen LogP contribution in [0, 0.1) is 12.8 Å². The summed E-state index contributed by atoms with van der Waals surface area (Å²) in [6.45, 7) is 7.78. The molecule has 7 heteroatoms. The van der Waals surface area contributed by atoms with Crippen LogP contribution in [0.5, 0.6) is 0 Å². The summed E-state index contributed by atoms with van der Waals surface area (Å²) in [4.78, 5) is 2.12. The van der Waals surface area contributed by atoms with E-state index in [-0.39, 0.29) is 5.84 Å². The van der Waals surface area contributed by atoms with Crippen molar-refractivity contribution in [3.05, 3.63) is 5.01 Å². The van der Waals surface area contributed by atoms with Crippen molar-refractivity contribution >= 4 is 22.3 Å². The van der Waals surface area contributed by atoms with Crippen LogP contribution in [0.4, 0.5) is 5.13 Å². The number of nitrogens with two attached hydrogens (primary N) is 1. The highest BCUT2D eigenvalue weighted by molar-refractivity contribution is 7.15. The maximum Gasteiger partial charge on any atom is 0.208 e. The van der Waals surface area contributed by atoms with Gasteiger partial charge in [-0.15, -0.1) is 10.2 Å². The molecule has 0 saturated carbocycles. The average molecular weight is 257 g/mol. The molecular weight excluding hydrogens is 238 g/mol. The summed E-state index contributed by atoms with van der Waals surface area (Å²) in [6.07, 6.45) is 0.516. The van der Waals surface area contributed by atoms with E-state index in [1.165, 1.54) is 0 Å². The van der Waals surface area contributed by atoms with Crippen molar-refractivity contribution in [3.8, 4) is 0 Å². The molecule has 0 aliphatic heterocycles. The van der Waals surface area contributed by atoms with Gasteiger partial charge in [-0.05, 0) is 12.8 Å². The predicted octanol–water partition coefficient (Wildman–Crippen LogP) is 1.45. The predicted molar refractivity (Wildman–Crippen MR) is 69.7 cm³/mol. The molecule has 1 rings (SSSR count). The number of rotatable bonds is 6. The van der Waals surface area contributed by atoms with Crippen molar-refractivity contribution in [3.63, 3.8) is 0 Å². The molecule has 0 atom stereocenters. The van der Waals surface area contributed by atoms with Gasteiger partial charge in [0.2, 0.25) is 5.13 Å². The van der Waals surface area contributed by atoms with Crippen LogP contribution in [0.25, 0.3) is 0 Å². The van der Waals surface area contributed by atoms with Gasteiger partial charge in [-0.1, -0.05) is 30.3 Å². The van der Waals surface area contributed by atoms with Crippen molar-refractivity contribution in [2.24, 2.45) is 16.8 Å². The van der Waals surface area contributed by atoms with Crippen LogP contribution < -0.4 is 10.6 Å². The fraction of sp³-hybridized carbons (Fsp3) is 0.700. The molecule has 0 bridgehead atoms. The topological polar surface area (TPSA) is 87.6 Å². The summed E-state index contributed by atoms with van der Waals surface area (Å²) in [5.41, 5.74) is 5.48. The van der Waals surface area contributed by atoms with Gasteiger partial charge < -0.3 is 15.8 Å². The number of anilines is 1. The van der Waals surface area contributed by atoms with Crippen LogP contribution in [0.1, 0.15) is 25.3 Å². The van der Waals surface area contributed by atoms with E-state index in [1.807, 2.05) is 6.92 Å². The van der Waals surface area contributed by atoms with Gasteiger partial charge in [0.15, 0.2) is 0 Å². The molecular formula is C10H19N5OS. The van der Waals surface area contributed by atoms with Gasteiger partial charge in [-0.3, -0.25) is 0 Å². The molecule has 1 aromatic heterocycles. The summed E-state index contributed by atoms with van der Waals surface area (Å²) in [5, 5.41) is 21.5. The Morgan fingerprint density at radius 3 is 2.71 bits per heavy atom. The molecule has 0 fully saturated rings. The van der Waals surface area contributed by atoms with Crippen LogP contribution >= 0.6 is 11.3 Å². The molecule has 0 aliphatic rings. The van der Waals surface area contributed by atoms with Crippen molar-refractivity contribution < 1.29 is 5.21 Å². The minimum Gasteiger partial charge on any atom is -0.409 e. The molecule has 0 unspecified atom stereocenters. The Kier molecular flexibility index (Phi) is 5.14. The Morgan fingerprint density at radius 2 is 2.24 bits per heavy atom. The Bertz CT molecular complexity index is 377. The normalized spacial score (nSPS) is 12.1. The molecule has 0 radical (unpaired) electrons. The van der Waals surface area contributed by atoms with E-state index >= 15 is 0 Å². The highest BCUT2D eigenvalue weighted by atomic mass is 32.1. The van der Waals surface area contributed by atoms with E-state index in [0.29, 0.717) is 18.9 Å². The molecule has 3 N–H and O–H groups in total. The number of hydrogen-bond acceptors (Lipinski definition) is 6. The van der Waals surface area contributed by atoms with Crippen LogP contribution in [-0.4, -0.2) is 34.3 Å². The third kappa shape index (κ3) is 4.56. The van der Waals surface area contributed by atoms with Gasteiger partial charge in [-0.2, -0.15) is 0 Å². The average Bonchev–Trinajstić information content (AvgIpc) is 2.70. The summed E-state index contributed by atoms with van der Waals surface area (Å²) in [5.74, 6) is 0.756. The fourth-order valence-corrected chi connectivity index (χ4v) is 2.14. The smallest absolute Gasteiger partial charge is 0.208 e. The lowest BCUT2D eigenvalue weighted by atomic mass is 10.2. The lowest BCUT2D eigenvalue weighted by molar-refractivity contribution is 0.317. The first kappa shape index (κ1) is 13.7. The third-order valence-electron chi connectivity index (χ3n) is 2.14. The second kappa shape index (κ2) is 6.39. The quantitative estimate of drug-likeness (QED) is 0.348. The van der Waals surface area contributed by atoms with Gasteiger partial charge in [0.05, 0.1) is 0 Å². The van der Waals surface area contributed by atoms with Crippen LogP contribution in [0.2, 0.25) is 0 Å². The van der Waals surface area contributed by atoms with Gasteiger partial charge >= 0.3 is 0 Å². The maximum atomic E-state index is 8.52. The van der Waals surface area contributed by atoms with E-state index in [0.717, 1.165) is 16.7 Å². The SMILES string of the molecule is Cc1nnc(N(CCC(N)=NO)CC(C)C)s1. The monoisotopic (exact) mass is 257 g/mol. The second-order valence-corrected chi connectivity index (χ2v) is 5.44. The zero-order valence-corrected chi connectivity index (χ0v) is 11.2. The molecule has 0 spiro atoms. The zero-order valence-electron chi connectivity index (χ0n) is 10.4. The lowest BCUT2D eigenvalue weighted by Gasteiger charge is -2.22. The number of nitrogens with zero attached hydrogens (tertiary/aromatic N) is 4. The number of aryl methyl sites for hydroxylation is 1. The molecule has 0 aliphatic carbocycles. The molecule has 1 heterocycles.